The highest BCUT2D eigenvalue weighted by Gasteiger charge is 2.63. The van der Waals surface area contributed by atoms with E-state index in [0.717, 1.165) is 23.8 Å². The van der Waals surface area contributed by atoms with Crippen LogP contribution in [0, 0.1) is 23.2 Å². The lowest BCUT2D eigenvalue weighted by Crippen LogP contribution is -2.62. The highest BCUT2D eigenvalue weighted by molar-refractivity contribution is 6.11. The highest BCUT2D eigenvalue weighted by atomic mass is 16.6. The second kappa shape index (κ2) is 4.82. The lowest BCUT2D eigenvalue weighted by molar-refractivity contribution is -0.173. The number of cyclic esters (lactones) is 1. The molecule has 5 rings (SSSR count). The van der Waals surface area contributed by atoms with E-state index in [4.69, 9.17) is 4.74 Å². The highest BCUT2D eigenvalue weighted by Crippen LogP contribution is 2.71. The smallest absolute Gasteiger partial charge is 0.365 e. The maximum Gasteiger partial charge on any atom is 0.365 e. The predicted molar refractivity (Wildman–Crippen MR) is 90.8 cm³/mol. The van der Waals surface area contributed by atoms with Gasteiger partial charge in [-0.15, -0.1) is 0 Å². The van der Waals surface area contributed by atoms with Gasteiger partial charge < -0.3 is 10.1 Å². The number of nitrogens with zero attached hydrogens (tertiary/aromatic N) is 1. The van der Waals surface area contributed by atoms with Gasteiger partial charge in [-0.25, -0.2) is 9.79 Å². The first-order valence-electron chi connectivity index (χ1n) is 8.68. The van der Waals surface area contributed by atoms with E-state index in [1.165, 1.54) is 18.5 Å². The predicted octanol–water partition coefficient (Wildman–Crippen LogP) is 3.37. The van der Waals surface area contributed by atoms with Crippen LogP contribution in [0.2, 0.25) is 0 Å². The van der Waals surface area contributed by atoms with Gasteiger partial charge in [-0.1, -0.05) is 31.2 Å². The Balaban J connectivity index is 1.34. The van der Waals surface area contributed by atoms with E-state index in [2.05, 4.69) is 23.3 Å². The summed E-state index contributed by atoms with van der Waals surface area (Å²) in [4.78, 5) is 16.3. The minimum Gasteiger partial charge on any atom is -0.402 e. The molecule has 1 N–H and O–H groups in total. The maximum atomic E-state index is 12.0. The topological polar surface area (TPSA) is 50.7 Å². The second-order valence-corrected chi connectivity index (χ2v) is 7.58. The lowest BCUT2D eigenvalue weighted by Gasteiger charge is -2.69. The minimum absolute atomic E-state index is 0.336. The molecule has 0 saturated heterocycles. The Labute approximate surface area is 141 Å². The Kier molecular flexibility index (Phi) is 2.82. The van der Waals surface area contributed by atoms with Gasteiger partial charge in [0, 0.05) is 17.5 Å². The monoisotopic (exact) mass is 320 g/mol. The van der Waals surface area contributed by atoms with Gasteiger partial charge in [-0.05, 0) is 54.6 Å². The first kappa shape index (κ1) is 14.0. The van der Waals surface area contributed by atoms with E-state index in [-0.39, 0.29) is 0 Å². The Bertz CT molecular complexity index is 808. The molecule has 0 spiro atoms. The number of ether oxygens (including phenoxy) is 1. The van der Waals surface area contributed by atoms with E-state index in [1.54, 1.807) is 6.20 Å². The summed E-state index contributed by atoms with van der Waals surface area (Å²) in [5.41, 5.74) is 2.94. The molecular weight excluding hydrogens is 300 g/mol. The average molecular weight is 320 g/mol. The van der Waals surface area contributed by atoms with Crippen molar-refractivity contribution in [3.63, 3.8) is 0 Å². The third kappa shape index (κ3) is 1.86. The summed E-state index contributed by atoms with van der Waals surface area (Å²) in [6, 6.07) is 9.50. The first-order valence-corrected chi connectivity index (χ1v) is 8.68. The van der Waals surface area contributed by atoms with Crippen LogP contribution >= 0.6 is 0 Å². The molecule has 3 aliphatic carbocycles. The van der Waals surface area contributed by atoms with Crippen LogP contribution in [-0.2, 0) is 9.53 Å². The summed E-state index contributed by atoms with van der Waals surface area (Å²) < 4.78 is 5.28. The largest absolute Gasteiger partial charge is 0.402 e. The number of aliphatic imine (C=N–C) groups is 1. The number of hydrogen-bond donors (Lipinski definition) is 1. The van der Waals surface area contributed by atoms with Gasteiger partial charge in [0.25, 0.3) is 0 Å². The Morgan fingerprint density at radius 2 is 2.08 bits per heavy atom. The summed E-state index contributed by atoms with van der Waals surface area (Å²) in [6.45, 7) is 2.44. The van der Waals surface area contributed by atoms with Crippen LogP contribution in [0.15, 0.2) is 59.0 Å². The van der Waals surface area contributed by atoms with Gasteiger partial charge in [0.05, 0.1) is 0 Å². The Morgan fingerprint density at radius 3 is 2.83 bits per heavy atom. The molecule has 0 aromatic heterocycles. The van der Waals surface area contributed by atoms with Crippen LogP contribution in [0.25, 0.3) is 0 Å². The van der Waals surface area contributed by atoms with E-state index >= 15 is 0 Å². The lowest BCUT2D eigenvalue weighted by atomic mass is 9.36. The van der Waals surface area contributed by atoms with Crippen molar-refractivity contribution in [2.24, 2.45) is 28.2 Å². The fraction of sp³-hybridized carbons (Fsp3) is 0.400. The standard InChI is InChI=1S/C20H20N2O2/c1-20-13-7-14(20)9-16(10-15(20)8-13)21-11-17-19(23)24-18(22-17)12-5-3-2-4-6-12/h2-6,9,11,13-15,21H,7-8,10H2,1H3/b17-11-. The van der Waals surface area contributed by atoms with E-state index in [9.17, 15) is 4.79 Å². The molecule has 24 heavy (non-hydrogen) atoms. The number of carbonyl (C=O) groups is 1. The number of carbonyl (C=O) groups excluding carboxylic acids is 1. The molecule has 1 aromatic carbocycles. The molecule has 4 nitrogen and oxygen atoms in total. The molecule has 2 saturated carbocycles. The minimum atomic E-state index is -0.394. The molecule has 4 unspecified atom stereocenters. The number of hydrogen-bond acceptors (Lipinski definition) is 4. The number of rotatable bonds is 3. The van der Waals surface area contributed by atoms with E-state index in [1.807, 2.05) is 30.3 Å². The number of nitrogens with one attached hydrogen (secondary N) is 1. The summed E-state index contributed by atoms with van der Waals surface area (Å²) in [6.07, 6.45) is 7.83. The van der Waals surface area contributed by atoms with Crippen molar-refractivity contribution in [3.05, 3.63) is 59.6 Å². The van der Waals surface area contributed by atoms with Crippen LogP contribution in [0.3, 0.4) is 0 Å². The van der Waals surface area contributed by atoms with Crippen molar-refractivity contribution in [3.8, 4) is 0 Å². The SMILES string of the molecule is CC12C3C=C(N/C=C4\N=C(c5ccccc5)OC4=O)CC1CC2C3. The normalized spacial score (nSPS) is 37.6. The first-order chi connectivity index (χ1) is 11.6. The molecule has 0 amide bonds. The zero-order chi connectivity index (χ0) is 16.3. The molecule has 0 bridgehead atoms. The van der Waals surface area contributed by atoms with Gasteiger partial charge >= 0.3 is 5.97 Å². The van der Waals surface area contributed by atoms with Crippen molar-refractivity contribution in [2.75, 3.05) is 0 Å². The van der Waals surface area contributed by atoms with Gasteiger partial charge in [-0.3, -0.25) is 0 Å². The maximum absolute atomic E-state index is 12.0. The third-order valence-electron chi connectivity index (χ3n) is 6.57. The average Bonchev–Trinajstić information content (AvgIpc) is 2.95. The molecule has 0 radical (unpaired) electrons. The second-order valence-electron chi connectivity index (χ2n) is 7.58. The molecular formula is C20H20N2O2. The van der Waals surface area contributed by atoms with Crippen molar-refractivity contribution in [1.82, 2.24) is 5.32 Å². The van der Waals surface area contributed by atoms with Gasteiger partial charge in [0.15, 0.2) is 5.70 Å². The van der Waals surface area contributed by atoms with E-state index in [0.29, 0.717) is 22.9 Å². The number of allylic oxidation sites excluding steroid dienone is 2. The van der Waals surface area contributed by atoms with Crippen LogP contribution in [-0.4, -0.2) is 11.9 Å². The fourth-order valence-corrected chi connectivity index (χ4v) is 4.89. The van der Waals surface area contributed by atoms with Crippen LogP contribution < -0.4 is 5.32 Å². The summed E-state index contributed by atoms with van der Waals surface area (Å²) in [7, 11) is 0. The van der Waals surface area contributed by atoms with Crippen LogP contribution in [0.1, 0.15) is 31.7 Å². The van der Waals surface area contributed by atoms with Crippen molar-refractivity contribution in [1.29, 1.82) is 0 Å². The molecule has 4 aliphatic rings. The summed E-state index contributed by atoms with van der Waals surface area (Å²) in [5, 5.41) is 3.31. The number of benzene rings is 1. The third-order valence-corrected chi connectivity index (χ3v) is 6.57. The molecule has 122 valence electrons. The molecule has 4 atom stereocenters. The molecule has 2 fully saturated rings. The molecule has 1 aromatic rings. The summed E-state index contributed by atoms with van der Waals surface area (Å²) >= 11 is 0. The number of esters is 1. The Hall–Kier alpha value is -2.36. The Morgan fingerprint density at radius 1 is 1.25 bits per heavy atom. The quantitative estimate of drug-likeness (QED) is 0.686. The zero-order valence-corrected chi connectivity index (χ0v) is 13.7. The van der Waals surface area contributed by atoms with Gasteiger partial charge in [0.1, 0.15) is 0 Å². The van der Waals surface area contributed by atoms with Gasteiger partial charge in [0.2, 0.25) is 5.90 Å². The van der Waals surface area contributed by atoms with Crippen LogP contribution in [0.4, 0.5) is 0 Å². The molecule has 1 heterocycles. The van der Waals surface area contributed by atoms with Crippen molar-refractivity contribution >= 4 is 11.9 Å². The van der Waals surface area contributed by atoms with Gasteiger partial charge in [-0.2, -0.15) is 0 Å². The van der Waals surface area contributed by atoms with Crippen molar-refractivity contribution < 1.29 is 9.53 Å². The van der Waals surface area contributed by atoms with Crippen LogP contribution in [0.5, 0.6) is 0 Å². The fourth-order valence-electron chi connectivity index (χ4n) is 4.89. The summed E-state index contributed by atoms with van der Waals surface area (Å²) in [5.74, 6) is 2.43. The zero-order valence-electron chi connectivity index (χ0n) is 13.7. The molecule has 4 heteroatoms. The van der Waals surface area contributed by atoms with Crippen molar-refractivity contribution in [2.45, 2.75) is 26.2 Å². The molecule has 1 aliphatic heterocycles. The van der Waals surface area contributed by atoms with E-state index < -0.39 is 5.97 Å².